The standard InChI is InChI=1S/C23H38O3/c1-14(2)13-26-20-12-23(4)15(11-19(20)24)5-6-16-17-7-8-21(25)22(17,3)10-9-18(16)23/h14-20,24H,5-13H2,1-4H3/t15-,16-,17-,18-,19-,20-,22-,23-/m0/s1. The molecule has 0 amide bonds. The highest BCUT2D eigenvalue weighted by Gasteiger charge is 2.61. The Morgan fingerprint density at radius 2 is 1.92 bits per heavy atom. The highest BCUT2D eigenvalue weighted by molar-refractivity contribution is 5.87. The molecule has 0 aromatic rings. The molecule has 0 heterocycles. The van der Waals surface area contributed by atoms with Crippen molar-refractivity contribution < 1.29 is 14.6 Å². The Bertz CT molecular complexity index is 558. The maximum Gasteiger partial charge on any atom is 0.139 e. The van der Waals surface area contributed by atoms with Crippen molar-refractivity contribution >= 4 is 5.78 Å². The SMILES string of the molecule is CC(C)CO[C@H]1C[C@@]2(C)[C@@H](CC[C@@H]3[C@@H]2CC[C@]2(C)C(=O)CC[C@@H]32)C[C@@H]1O. The molecule has 8 atom stereocenters. The predicted octanol–water partition coefficient (Wildman–Crippen LogP) is 4.61. The summed E-state index contributed by atoms with van der Waals surface area (Å²) in [6.45, 7) is 9.85. The van der Waals surface area contributed by atoms with Crippen molar-refractivity contribution in [3.8, 4) is 0 Å². The lowest BCUT2D eigenvalue weighted by Crippen LogP contribution is -2.57. The van der Waals surface area contributed by atoms with Gasteiger partial charge in [0.25, 0.3) is 0 Å². The fraction of sp³-hybridized carbons (Fsp3) is 0.957. The second-order valence-electron chi connectivity index (χ2n) is 10.8. The first kappa shape index (κ1) is 18.9. The molecule has 26 heavy (non-hydrogen) atoms. The van der Waals surface area contributed by atoms with Crippen molar-refractivity contribution in [1.29, 1.82) is 0 Å². The first-order valence-corrected chi connectivity index (χ1v) is 11.1. The van der Waals surface area contributed by atoms with Crippen molar-refractivity contribution in [3.63, 3.8) is 0 Å². The molecule has 4 saturated carbocycles. The summed E-state index contributed by atoms with van der Waals surface area (Å²) in [5, 5.41) is 10.7. The third-order valence-electron chi connectivity index (χ3n) is 9.01. The summed E-state index contributed by atoms with van der Waals surface area (Å²) in [5.74, 6) is 3.69. The minimum absolute atomic E-state index is 0.00378. The van der Waals surface area contributed by atoms with Crippen molar-refractivity contribution in [2.45, 2.75) is 91.3 Å². The van der Waals surface area contributed by atoms with Crippen molar-refractivity contribution in [2.24, 2.45) is 40.4 Å². The van der Waals surface area contributed by atoms with E-state index in [9.17, 15) is 9.90 Å². The second kappa shape index (κ2) is 6.58. The predicted molar refractivity (Wildman–Crippen MR) is 103 cm³/mol. The van der Waals surface area contributed by atoms with Gasteiger partial charge in [-0.2, -0.15) is 0 Å². The number of Topliss-reactive ketones (excluding diaryl/α,β-unsaturated/α-hetero) is 1. The van der Waals surface area contributed by atoms with E-state index in [4.69, 9.17) is 4.74 Å². The lowest BCUT2D eigenvalue weighted by atomic mass is 9.45. The highest BCUT2D eigenvalue weighted by Crippen LogP contribution is 2.65. The van der Waals surface area contributed by atoms with Gasteiger partial charge in [0.2, 0.25) is 0 Å². The van der Waals surface area contributed by atoms with E-state index in [-0.39, 0.29) is 23.0 Å². The van der Waals surface area contributed by atoms with E-state index < -0.39 is 0 Å². The molecule has 0 spiro atoms. The maximum atomic E-state index is 12.6. The number of rotatable bonds is 3. The molecular weight excluding hydrogens is 324 g/mol. The van der Waals surface area contributed by atoms with Crippen LogP contribution < -0.4 is 0 Å². The molecule has 0 radical (unpaired) electrons. The number of aliphatic hydroxyl groups excluding tert-OH is 1. The van der Waals surface area contributed by atoms with E-state index in [1.54, 1.807) is 0 Å². The van der Waals surface area contributed by atoms with Gasteiger partial charge in [0.05, 0.1) is 12.2 Å². The summed E-state index contributed by atoms with van der Waals surface area (Å²) < 4.78 is 6.17. The van der Waals surface area contributed by atoms with E-state index in [1.807, 2.05) is 0 Å². The summed E-state index contributed by atoms with van der Waals surface area (Å²) in [7, 11) is 0. The molecule has 4 fully saturated rings. The van der Waals surface area contributed by atoms with Crippen LogP contribution in [0.5, 0.6) is 0 Å². The summed E-state index contributed by atoms with van der Waals surface area (Å²) in [6.07, 6.45) is 8.31. The van der Waals surface area contributed by atoms with Gasteiger partial charge in [0.15, 0.2) is 0 Å². The molecule has 3 heteroatoms. The number of ketones is 1. The van der Waals surface area contributed by atoms with Gasteiger partial charge < -0.3 is 9.84 Å². The molecular formula is C23H38O3. The van der Waals surface area contributed by atoms with Crippen LogP contribution in [0.1, 0.15) is 79.1 Å². The van der Waals surface area contributed by atoms with Gasteiger partial charge in [-0.1, -0.05) is 27.7 Å². The molecule has 3 nitrogen and oxygen atoms in total. The van der Waals surface area contributed by atoms with Crippen LogP contribution in [0, 0.1) is 40.4 Å². The van der Waals surface area contributed by atoms with E-state index in [1.165, 1.54) is 19.3 Å². The molecule has 4 aliphatic rings. The lowest BCUT2D eigenvalue weighted by molar-refractivity contribution is -0.173. The number of ether oxygens (including phenoxy) is 1. The summed E-state index contributed by atoms with van der Waals surface area (Å²) in [4.78, 5) is 12.6. The van der Waals surface area contributed by atoms with Gasteiger partial charge in [-0.3, -0.25) is 4.79 Å². The Hall–Kier alpha value is -0.410. The molecule has 0 aliphatic heterocycles. The quantitative estimate of drug-likeness (QED) is 0.797. The zero-order valence-electron chi connectivity index (χ0n) is 17.2. The van der Waals surface area contributed by atoms with Crippen LogP contribution in [0.3, 0.4) is 0 Å². The molecule has 1 N–H and O–H groups in total. The van der Waals surface area contributed by atoms with Gasteiger partial charge in [-0.05, 0) is 80.0 Å². The van der Waals surface area contributed by atoms with Crippen LogP contribution in [0.4, 0.5) is 0 Å². The van der Waals surface area contributed by atoms with Gasteiger partial charge in [0, 0.05) is 18.4 Å². The topological polar surface area (TPSA) is 46.5 Å². The van der Waals surface area contributed by atoms with Gasteiger partial charge >= 0.3 is 0 Å². The normalized spacial score (nSPS) is 51.1. The largest absolute Gasteiger partial charge is 0.390 e. The Morgan fingerprint density at radius 1 is 1.15 bits per heavy atom. The monoisotopic (exact) mass is 362 g/mol. The molecule has 4 aliphatic carbocycles. The Morgan fingerprint density at radius 3 is 2.65 bits per heavy atom. The van der Waals surface area contributed by atoms with Crippen LogP contribution in [-0.4, -0.2) is 29.7 Å². The number of fused-ring (bicyclic) bond motifs is 5. The van der Waals surface area contributed by atoms with E-state index in [0.717, 1.165) is 38.7 Å². The van der Waals surface area contributed by atoms with Gasteiger partial charge in [0.1, 0.15) is 5.78 Å². The number of carbonyl (C=O) groups excluding carboxylic acids is 1. The van der Waals surface area contributed by atoms with Crippen LogP contribution in [0.2, 0.25) is 0 Å². The molecule has 0 aromatic carbocycles. The van der Waals surface area contributed by atoms with Gasteiger partial charge in [-0.25, -0.2) is 0 Å². The molecule has 0 saturated heterocycles. The average molecular weight is 363 g/mol. The number of hydrogen-bond acceptors (Lipinski definition) is 3. The van der Waals surface area contributed by atoms with Gasteiger partial charge in [-0.15, -0.1) is 0 Å². The average Bonchev–Trinajstić information content (AvgIpc) is 2.89. The van der Waals surface area contributed by atoms with Crippen LogP contribution in [0.15, 0.2) is 0 Å². The van der Waals surface area contributed by atoms with Crippen LogP contribution in [-0.2, 0) is 9.53 Å². The highest BCUT2D eigenvalue weighted by atomic mass is 16.5. The van der Waals surface area contributed by atoms with Crippen LogP contribution in [0.25, 0.3) is 0 Å². The van der Waals surface area contributed by atoms with Crippen molar-refractivity contribution in [3.05, 3.63) is 0 Å². The third kappa shape index (κ3) is 2.80. The first-order valence-electron chi connectivity index (χ1n) is 11.1. The molecule has 0 bridgehead atoms. The summed E-state index contributed by atoms with van der Waals surface area (Å²) in [6, 6.07) is 0. The Balaban J connectivity index is 1.56. The molecule has 4 rings (SSSR count). The fourth-order valence-corrected chi connectivity index (χ4v) is 7.51. The van der Waals surface area contributed by atoms with E-state index >= 15 is 0 Å². The maximum absolute atomic E-state index is 12.6. The van der Waals surface area contributed by atoms with E-state index in [0.29, 0.717) is 35.4 Å². The first-order chi connectivity index (χ1) is 12.3. The molecule has 0 aromatic heterocycles. The van der Waals surface area contributed by atoms with E-state index in [2.05, 4.69) is 27.7 Å². The third-order valence-corrected chi connectivity index (χ3v) is 9.01. The lowest BCUT2D eigenvalue weighted by Gasteiger charge is -2.61. The number of aliphatic hydroxyl groups is 1. The molecule has 148 valence electrons. The smallest absolute Gasteiger partial charge is 0.139 e. The van der Waals surface area contributed by atoms with Crippen molar-refractivity contribution in [2.75, 3.05) is 6.61 Å². The number of carbonyl (C=O) groups is 1. The molecule has 0 unspecified atom stereocenters. The minimum atomic E-state index is -0.301. The van der Waals surface area contributed by atoms with Crippen molar-refractivity contribution in [1.82, 2.24) is 0 Å². The second-order valence-corrected chi connectivity index (χ2v) is 10.8. The number of hydrogen-bond donors (Lipinski definition) is 1. The zero-order chi connectivity index (χ0) is 18.7. The summed E-state index contributed by atoms with van der Waals surface area (Å²) >= 11 is 0. The summed E-state index contributed by atoms with van der Waals surface area (Å²) in [5.41, 5.74) is 0.239. The minimum Gasteiger partial charge on any atom is -0.390 e. The Kier molecular flexibility index (Phi) is 4.79. The zero-order valence-corrected chi connectivity index (χ0v) is 17.2. The fourth-order valence-electron chi connectivity index (χ4n) is 7.51. The van der Waals surface area contributed by atoms with Crippen LogP contribution >= 0.6 is 0 Å². The Labute approximate surface area is 159 Å².